The van der Waals surface area contributed by atoms with Gasteiger partial charge >= 0.3 is 0 Å². The van der Waals surface area contributed by atoms with Crippen molar-refractivity contribution in [1.82, 2.24) is 15.3 Å². The average molecular weight is 445 g/mol. The van der Waals surface area contributed by atoms with Crippen molar-refractivity contribution in [3.63, 3.8) is 0 Å². The van der Waals surface area contributed by atoms with Gasteiger partial charge in [-0.2, -0.15) is 0 Å². The number of nitrogens with zero attached hydrogens (tertiary/aromatic N) is 3. The number of morpholine rings is 1. The number of anilines is 3. The lowest BCUT2D eigenvalue weighted by molar-refractivity contribution is -0.109. The fourth-order valence-corrected chi connectivity index (χ4v) is 4.22. The van der Waals surface area contributed by atoms with E-state index in [0.29, 0.717) is 43.5 Å². The number of carbonyl (C=O) groups excluding carboxylic acids is 1. The molecular weight excluding hydrogens is 421 g/mol. The number of fused-ring (bicyclic) bond motifs is 1. The van der Waals surface area contributed by atoms with E-state index in [1.807, 2.05) is 36.1 Å². The molecule has 0 amide bonds. The Bertz CT molecular complexity index is 1220. The molecule has 1 atom stereocenters. The second-order valence-electron chi connectivity index (χ2n) is 8.05. The zero-order valence-electron chi connectivity index (χ0n) is 18.2. The van der Waals surface area contributed by atoms with Crippen LogP contribution in [0.3, 0.4) is 0 Å². The number of hydrogen-bond acceptors (Lipinski definition) is 7. The largest absolute Gasteiger partial charge is 0.378 e. The molecule has 1 fully saturated rings. The van der Waals surface area contributed by atoms with E-state index in [0.717, 1.165) is 34.2 Å². The molecule has 33 heavy (non-hydrogen) atoms. The van der Waals surface area contributed by atoms with E-state index in [1.54, 1.807) is 24.7 Å². The van der Waals surface area contributed by atoms with E-state index in [2.05, 4.69) is 15.6 Å². The Morgan fingerprint density at radius 3 is 2.85 bits per heavy atom. The summed E-state index contributed by atoms with van der Waals surface area (Å²) in [5.74, 6) is 0.179. The summed E-state index contributed by atoms with van der Waals surface area (Å²) in [7, 11) is 0. The molecule has 0 bridgehead atoms. The van der Waals surface area contributed by atoms with Gasteiger partial charge in [-0.05, 0) is 60.7 Å². The molecule has 2 aromatic heterocycles. The van der Waals surface area contributed by atoms with E-state index in [-0.39, 0.29) is 5.82 Å². The summed E-state index contributed by atoms with van der Waals surface area (Å²) in [4.78, 5) is 22.8. The summed E-state index contributed by atoms with van der Waals surface area (Å²) in [6.07, 6.45) is 8.00. The molecular formula is C25H24FN5O2. The maximum absolute atomic E-state index is 15.0. The summed E-state index contributed by atoms with van der Waals surface area (Å²) in [6, 6.07) is 8.37. The highest BCUT2D eigenvalue weighted by molar-refractivity contribution is 5.80. The van der Waals surface area contributed by atoms with Crippen molar-refractivity contribution in [2.75, 3.05) is 36.5 Å². The second kappa shape index (κ2) is 8.99. The maximum atomic E-state index is 15.0. The number of benzene rings is 1. The fourth-order valence-electron chi connectivity index (χ4n) is 4.22. The smallest absolute Gasteiger partial charge is 0.148 e. The third kappa shape index (κ3) is 4.17. The van der Waals surface area contributed by atoms with E-state index in [1.165, 1.54) is 6.07 Å². The van der Waals surface area contributed by atoms with Gasteiger partial charge < -0.3 is 25.1 Å². The van der Waals surface area contributed by atoms with Gasteiger partial charge in [0, 0.05) is 42.3 Å². The first-order valence-corrected chi connectivity index (χ1v) is 10.9. The number of aldehydes is 1. The lowest BCUT2D eigenvalue weighted by atomic mass is 9.96. The van der Waals surface area contributed by atoms with Crippen LogP contribution in [0.1, 0.15) is 22.7 Å². The third-order valence-electron chi connectivity index (χ3n) is 5.95. The van der Waals surface area contributed by atoms with Crippen LogP contribution in [0.25, 0.3) is 17.3 Å². The van der Waals surface area contributed by atoms with Crippen molar-refractivity contribution >= 4 is 29.6 Å². The van der Waals surface area contributed by atoms with Gasteiger partial charge in [-0.3, -0.25) is 4.98 Å². The number of nitrogens with one attached hydrogen (secondary N) is 2. The third-order valence-corrected chi connectivity index (χ3v) is 5.95. The van der Waals surface area contributed by atoms with Gasteiger partial charge in [0.25, 0.3) is 0 Å². The molecule has 0 aliphatic carbocycles. The highest BCUT2D eigenvalue weighted by Gasteiger charge is 2.24. The summed E-state index contributed by atoms with van der Waals surface area (Å²) < 4.78 is 20.3. The number of pyridine rings is 2. The Morgan fingerprint density at radius 2 is 2.09 bits per heavy atom. The predicted molar refractivity (Wildman–Crippen MR) is 126 cm³/mol. The second-order valence-corrected chi connectivity index (χ2v) is 8.05. The van der Waals surface area contributed by atoms with E-state index in [9.17, 15) is 9.18 Å². The summed E-state index contributed by atoms with van der Waals surface area (Å²) in [6.45, 7) is 4.48. The molecule has 0 radical (unpaired) electrons. The number of rotatable bonds is 5. The molecule has 1 aromatic carbocycles. The average Bonchev–Trinajstić information content (AvgIpc) is 2.84. The van der Waals surface area contributed by atoms with Gasteiger partial charge in [0.05, 0.1) is 24.6 Å². The molecule has 1 unspecified atom stereocenters. The van der Waals surface area contributed by atoms with E-state index < -0.39 is 6.04 Å². The highest BCUT2D eigenvalue weighted by atomic mass is 19.1. The van der Waals surface area contributed by atoms with E-state index >= 15 is 0 Å². The van der Waals surface area contributed by atoms with Gasteiger partial charge in [0.2, 0.25) is 0 Å². The SMILES string of the molecule is Cc1ccncc1-c1cc2c(c(Nc3ccc(N4CCOCC4)c(F)c3)n1)C(C=O)NC=C2. The maximum Gasteiger partial charge on any atom is 0.148 e. The molecule has 2 aliphatic rings. The summed E-state index contributed by atoms with van der Waals surface area (Å²) in [5, 5.41) is 6.30. The first kappa shape index (κ1) is 21.1. The minimum Gasteiger partial charge on any atom is -0.378 e. The molecule has 3 aromatic rings. The van der Waals surface area contributed by atoms with Crippen LogP contribution in [0.4, 0.5) is 21.6 Å². The van der Waals surface area contributed by atoms with Crippen molar-refractivity contribution in [3.05, 3.63) is 71.4 Å². The number of hydrogen-bond donors (Lipinski definition) is 2. The first-order chi connectivity index (χ1) is 16.1. The first-order valence-electron chi connectivity index (χ1n) is 10.9. The van der Waals surface area contributed by atoms with Crippen LogP contribution in [-0.2, 0) is 9.53 Å². The molecule has 4 heterocycles. The topological polar surface area (TPSA) is 79.4 Å². The van der Waals surface area contributed by atoms with Gasteiger partial charge in [0.15, 0.2) is 0 Å². The number of carbonyl (C=O) groups is 1. The Hall–Kier alpha value is -3.78. The minimum absolute atomic E-state index is 0.319. The molecule has 8 heteroatoms. The lowest BCUT2D eigenvalue weighted by Gasteiger charge is -2.29. The van der Waals surface area contributed by atoms with Crippen LogP contribution in [0.5, 0.6) is 0 Å². The summed E-state index contributed by atoms with van der Waals surface area (Å²) in [5.41, 5.74) is 5.35. The van der Waals surface area contributed by atoms with Gasteiger partial charge in [0.1, 0.15) is 24.0 Å². The van der Waals surface area contributed by atoms with Gasteiger partial charge in [-0.25, -0.2) is 9.37 Å². The summed E-state index contributed by atoms with van der Waals surface area (Å²) >= 11 is 0. The normalized spacial score (nSPS) is 17.3. The molecule has 168 valence electrons. The number of aromatic nitrogens is 2. The van der Waals surface area contributed by atoms with Crippen LogP contribution in [0, 0.1) is 12.7 Å². The van der Waals surface area contributed by atoms with Crippen molar-refractivity contribution in [2.45, 2.75) is 13.0 Å². The zero-order chi connectivity index (χ0) is 22.8. The van der Waals surface area contributed by atoms with Crippen LogP contribution < -0.4 is 15.5 Å². The number of ether oxygens (including phenoxy) is 1. The predicted octanol–water partition coefficient (Wildman–Crippen LogP) is 3.99. The van der Waals surface area contributed by atoms with Crippen molar-refractivity contribution in [1.29, 1.82) is 0 Å². The van der Waals surface area contributed by atoms with Crippen LogP contribution in [0.15, 0.2) is 48.9 Å². The molecule has 0 spiro atoms. The van der Waals surface area contributed by atoms with Crippen molar-refractivity contribution in [3.8, 4) is 11.3 Å². The van der Waals surface area contributed by atoms with Crippen molar-refractivity contribution in [2.24, 2.45) is 0 Å². The minimum atomic E-state index is -0.554. The van der Waals surface area contributed by atoms with Crippen LogP contribution in [-0.4, -0.2) is 42.6 Å². The Morgan fingerprint density at radius 1 is 1.24 bits per heavy atom. The number of halogens is 1. The van der Waals surface area contributed by atoms with Crippen LogP contribution in [0.2, 0.25) is 0 Å². The van der Waals surface area contributed by atoms with Crippen molar-refractivity contribution < 1.29 is 13.9 Å². The van der Waals surface area contributed by atoms with Gasteiger partial charge in [-0.1, -0.05) is 0 Å². The highest BCUT2D eigenvalue weighted by Crippen LogP contribution is 2.35. The molecule has 2 N–H and O–H groups in total. The molecule has 1 saturated heterocycles. The quantitative estimate of drug-likeness (QED) is 0.575. The fraction of sp³-hybridized carbons (Fsp3) is 0.240. The van der Waals surface area contributed by atoms with Crippen LogP contribution >= 0.6 is 0 Å². The monoisotopic (exact) mass is 445 g/mol. The lowest BCUT2D eigenvalue weighted by Crippen LogP contribution is -2.36. The van der Waals surface area contributed by atoms with Gasteiger partial charge in [-0.15, -0.1) is 0 Å². The molecule has 0 saturated carbocycles. The Labute approximate surface area is 191 Å². The Balaban J connectivity index is 1.55. The van der Waals surface area contributed by atoms with E-state index in [4.69, 9.17) is 9.72 Å². The Kier molecular flexibility index (Phi) is 5.75. The molecule has 2 aliphatic heterocycles. The zero-order valence-corrected chi connectivity index (χ0v) is 18.2. The molecule has 7 nitrogen and oxygen atoms in total. The standard InChI is InChI=1S/C25H24FN5O2/c1-16-4-6-27-14-19(16)21-12-17-5-7-28-22(15-32)24(17)25(30-21)29-18-2-3-23(20(26)13-18)31-8-10-33-11-9-31/h2-7,12-15,22,28H,8-11H2,1H3,(H,29,30). The number of aryl methyl sites for hydroxylation is 1. The molecule has 5 rings (SSSR count).